The molecule has 0 atom stereocenters. The van der Waals surface area contributed by atoms with Crippen LogP contribution >= 0.6 is 11.6 Å². The molecular weight excluding hydrogens is 432 g/mol. The highest BCUT2D eigenvalue weighted by Crippen LogP contribution is 2.26. The minimum atomic E-state index is -3.95. The van der Waals surface area contributed by atoms with Crippen molar-refractivity contribution >= 4 is 38.9 Å². The van der Waals surface area contributed by atoms with Crippen LogP contribution in [-0.2, 0) is 14.8 Å². The Morgan fingerprint density at radius 2 is 1.65 bits per heavy atom. The van der Waals surface area contributed by atoms with E-state index in [2.05, 4.69) is 19.2 Å². The Balaban J connectivity index is 1.95. The Hall–Kier alpha value is -2.83. The lowest BCUT2D eigenvalue weighted by molar-refractivity contribution is -0.114. The third-order valence-corrected chi connectivity index (χ3v) is 6.96. The molecular formula is C24H25ClN2O3S. The minimum Gasteiger partial charge on any atom is -0.324 e. The number of carbonyl (C=O) groups is 1. The van der Waals surface area contributed by atoms with Crippen molar-refractivity contribution in [1.82, 2.24) is 0 Å². The fraction of sp³-hybridized carbons (Fsp3) is 0.208. The van der Waals surface area contributed by atoms with Crippen molar-refractivity contribution in [2.75, 3.05) is 16.2 Å². The number of nitrogens with one attached hydrogen (secondary N) is 1. The van der Waals surface area contributed by atoms with Gasteiger partial charge in [-0.1, -0.05) is 61.8 Å². The van der Waals surface area contributed by atoms with Crippen molar-refractivity contribution in [3.05, 3.63) is 88.9 Å². The number of sulfonamides is 1. The van der Waals surface area contributed by atoms with Crippen molar-refractivity contribution < 1.29 is 13.2 Å². The maximum absolute atomic E-state index is 13.4. The molecule has 0 radical (unpaired) electrons. The summed E-state index contributed by atoms with van der Waals surface area (Å²) < 4.78 is 27.9. The molecule has 0 aromatic heterocycles. The number of nitrogens with zero attached hydrogens (tertiary/aromatic N) is 1. The Labute approximate surface area is 188 Å². The maximum Gasteiger partial charge on any atom is 0.264 e. The SMILES string of the molecule is Cc1ccc(Cl)cc1NC(=O)CN(c1ccc(C(C)C)cc1)S(=O)(=O)c1ccccc1. The highest BCUT2D eigenvalue weighted by Gasteiger charge is 2.27. The molecule has 31 heavy (non-hydrogen) atoms. The maximum atomic E-state index is 13.4. The van der Waals surface area contributed by atoms with Crippen molar-refractivity contribution in [2.45, 2.75) is 31.6 Å². The summed E-state index contributed by atoms with van der Waals surface area (Å²) in [6.07, 6.45) is 0. The Bertz CT molecular complexity index is 1160. The molecule has 0 heterocycles. The highest BCUT2D eigenvalue weighted by atomic mass is 35.5. The largest absolute Gasteiger partial charge is 0.324 e. The summed E-state index contributed by atoms with van der Waals surface area (Å²) in [5, 5.41) is 3.26. The molecule has 5 nitrogen and oxygen atoms in total. The van der Waals surface area contributed by atoms with Gasteiger partial charge in [-0.3, -0.25) is 9.10 Å². The number of aryl methyl sites for hydroxylation is 1. The molecule has 162 valence electrons. The molecule has 0 bridgehead atoms. The van der Waals surface area contributed by atoms with Gasteiger partial charge in [0.2, 0.25) is 5.91 Å². The monoisotopic (exact) mass is 456 g/mol. The van der Waals surface area contributed by atoms with E-state index >= 15 is 0 Å². The first kappa shape index (κ1) is 22.8. The molecule has 1 amide bonds. The number of hydrogen-bond acceptors (Lipinski definition) is 3. The molecule has 0 fully saturated rings. The van der Waals surface area contributed by atoms with Crippen LogP contribution in [-0.4, -0.2) is 20.9 Å². The van der Waals surface area contributed by atoms with Crippen molar-refractivity contribution in [2.24, 2.45) is 0 Å². The first-order valence-electron chi connectivity index (χ1n) is 9.92. The number of carbonyl (C=O) groups excluding carboxylic acids is 1. The lowest BCUT2D eigenvalue weighted by Crippen LogP contribution is -2.38. The average molecular weight is 457 g/mol. The van der Waals surface area contributed by atoms with Crippen LogP contribution in [0.1, 0.15) is 30.9 Å². The summed E-state index contributed by atoms with van der Waals surface area (Å²) in [7, 11) is -3.95. The quantitative estimate of drug-likeness (QED) is 0.502. The highest BCUT2D eigenvalue weighted by molar-refractivity contribution is 7.92. The molecule has 3 aromatic rings. The molecule has 1 N–H and O–H groups in total. The van der Waals surface area contributed by atoms with Crippen LogP contribution < -0.4 is 9.62 Å². The molecule has 3 rings (SSSR count). The van der Waals surface area contributed by atoms with E-state index in [0.717, 1.165) is 15.4 Å². The predicted molar refractivity (Wildman–Crippen MR) is 126 cm³/mol. The van der Waals surface area contributed by atoms with Gasteiger partial charge in [0, 0.05) is 10.7 Å². The minimum absolute atomic E-state index is 0.120. The van der Waals surface area contributed by atoms with Crippen LogP contribution in [0.4, 0.5) is 11.4 Å². The van der Waals surface area contributed by atoms with Gasteiger partial charge in [-0.2, -0.15) is 0 Å². The summed E-state index contributed by atoms with van der Waals surface area (Å²) >= 11 is 6.04. The van der Waals surface area contributed by atoms with Crippen LogP contribution in [0, 0.1) is 6.92 Å². The summed E-state index contributed by atoms with van der Waals surface area (Å²) in [4.78, 5) is 13.0. The Kier molecular flexibility index (Phi) is 7.03. The van der Waals surface area contributed by atoms with Gasteiger partial charge in [-0.15, -0.1) is 0 Å². The number of halogens is 1. The fourth-order valence-corrected chi connectivity index (χ4v) is 4.72. The molecule has 3 aromatic carbocycles. The zero-order chi connectivity index (χ0) is 22.6. The van der Waals surface area contributed by atoms with E-state index < -0.39 is 15.9 Å². The molecule has 0 aliphatic rings. The second-order valence-corrected chi connectivity index (χ2v) is 9.88. The third-order valence-electron chi connectivity index (χ3n) is 4.94. The Morgan fingerprint density at radius 3 is 2.26 bits per heavy atom. The summed E-state index contributed by atoms with van der Waals surface area (Å²) in [6, 6.07) is 20.5. The van der Waals surface area contributed by atoms with Crippen LogP contribution in [0.25, 0.3) is 0 Å². The fourth-order valence-electron chi connectivity index (χ4n) is 3.11. The summed E-state index contributed by atoms with van der Waals surface area (Å²) in [6.45, 7) is 5.60. The molecule has 0 saturated heterocycles. The third kappa shape index (κ3) is 5.46. The van der Waals surface area contributed by atoms with Gasteiger partial charge in [0.05, 0.1) is 10.6 Å². The molecule has 0 saturated carbocycles. The number of rotatable bonds is 7. The summed E-state index contributed by atoms with van der Waals surface area (Å²) in [5.41, 5.74) is 2.88. The van der Waals surface area contributed by atoms with Crippen LogP contribution in [0.15, 0.2) is 77.7 Å². The van der Waals surface area contributed by atoms with Crippen molar-refractivity contribution in [1.29, 1.82) is 0 Å². The lowest BCUT2D eigenvalue weighted by Gasteiger charge is -2.24. The topological polar surface area (TPSA) is 66.5 Å². The lowest BCUT2D eigenvalue weighted by atomic mass is 10.0. The van der Waals surface area contributed by atoms with Crippen LogP contribution in [0.2, 0.25) is 5.02 Å². The number of anilines is 2. The van der Waals surface area contributed by atoms with Gasteiger partial charge in [-0.25, -0.2) is 8.42 Å². The second kappa shape index (κ2) is 9.54. The van der Waals surface area contributed by atoms with Gasteiger partial charge < -0.3 is 5.32 Å². The van der Waals surface area contributed by atoms with Crippen LogP contribution in [0.5, 0.6) is 0 Å². The van der Waals surface area contributed by atoms with E-state index in [4.69, 9.17) is 11.6 Å². The number of amides is 1. The van der Waals surface area contributed by atoms with E-state index in [1.54, 1.807) is 48.5 Å². The first-order chi connectivity index (χ1) is 14.7. The smallest absolute Gasteiger partial charge is 0.264 e. The van der Waals surface area contributed by atoms with Crippen molar-refractivity contribution in [3.8, 4) is 0 Å². The molecule has 0 unspecified atom stereocenters. The predicted octanol–water partition coefficient (Wildman–Crippen LogP) is 5.61. The van der Waals surface area contributed by atoms with E-state index in [-0.39, 0.29) is 11.4 Å². The van der Waals surface area contributed by atoms with Crippen molar-refractivity contribution in [3.63, 3.8) is 0 Å². The zero-order valence-electron chi connectivity index (χ0n) is 17.7. The average Bonchev–Trinajstić information content (AvgIpc) is 2.75. The summed E-state index contributed by atoms with van der Waals surface area (Å²) in [5.74, 6) is -0.153. The standard InChI is InChI=1S/C24H25ClN2O3S/c1-17(2)19-10-13-21(14-11-19)27(31(29,30)22-7-5-4-6-8-22)16-24(28)26-23-15-20(25)12-9-18(23)3/h4-15,17H,16H2,1-3H3,(H,26,28). The normalized spacial score (nSPS) is 11.4. The van der Waals surface area contributed by atoms with Gasteiger partial charge in [0.1, 0.15) is 6.54 Å². The molecule has 0 aliphatic heterocycles. The molecule has 0 spiro atoms. The number of hydrogen-bond donors (Lipinski definition) is 1. The van der Waals surface area contributed by atoms with Gasteiger partial charge in [0.25, 0.3) is 10.0 Å². The number of benzene rings is 3. The van der Waals surface area contributed by atoms with E-state index in [9.17, 15) is 13.2 Å². The first-order valence-corrected chi connectivity index (χ1v) is 11.7. The molecule has 7 heteroatoms. The Morgan fingerprint density at radius 1 is 1.00 bits per heavy atom. The molecule has 0 aliphatic carbocycles. The van der Waals surface area contributed by atoms with E-state index in [1.165, 1.54) is 12.1 Å². The van der Waals surface area contributed by atoms with Gasteiger partial charge in [-0.05, 0) is 60.4 Å². The van der Waals surface area contributed by atoms with E-state index in [1.807, 2.05) is 19.1 Å². The van der Waals surface area contributed by atoms with Crippen LogP contribution in [0.3, 0.4) is 0 Å². The van der Waals surface area contributed by atoms with Gasteiger partial charge in [0.15, 0.2) is 0 Å². The zero-order valence-corrected chi connectivity index (χ0v) is 19.2. The second-order valence-electron chi connectivity index (χ2n) is 7.58. The van der Waals surface area contributed by atoms with E-state index in [0.29, 0.717) is 22.3 Å². The van der Waals surface area contributed by atoms with Gasteiger partial charge >= 0.3 is 0 Å².